The predicted molar refractivity (Wildman–Crippen MR) is 88.9 cm³/mol. The van der Waals surface area contributed by atoms with Crippen LogP contribution < -0.4 is 5.32 Å². The van der Waals surface area contributed by atoms with Gasteiger partial charge in [-0.1, -0.05) is 6.42 Å². The summed E-state index contributed by atoms with van der Waals surface area (Å²) in [7, 11) is -3.72. The monoisotopic (exact) mass is 366 g/mol. The van der Waals surface area contributed by atoms with Crippen LogP contribution in [0.15, 0.2) is 45.9 Å². The van der Waals surface area contributed by atoms with E-state index < -0.39 is 21.7 Å². The third-order valence-corrected chi connectivity index (χ3v) is 6.03. The summed E-state index contributed by atoms with van der Waals surface area (Å²) in [5.41, 5.74) is -0.301. The van der Waals surface area contributed by atoms with Crippen LogP contribution in [0.2, 0.25) is 0 Å². The molecule has 0 aliphatic carbocycles. The van der Waals surface area contributed by atoms with Crippen molar-refractivity contribution in [2.75, 3.05) is 13.1 Å². The molecule has 2 aromatic rings. The summed E-state index contributed by atoms with van der Waals surface area (Å²) in [5, 5.41) is 2.52. The molecule has 0 atom stereocenters. The van der Waals surface area contributed by atoms with E-state index in [4.69, 9.17) is 4.42 Å². The minimum Gasteiger partial charge on any atom is -0.467 e. The highest BCUT2D eigenvalue weighted by Crippen LogP contribution is 2.22. The molecule has 1 fully saturated rings. The highest BCUT2D eigenvalue weighted by Gasteiger charge is 2.27. The first kappa shape index (κ1) is 17.6. The molecule has 8 heteroatoms. The number of amides is 1. The summed E-state index contributed by atoms with van der Waals surface area (Å²) in [6.45, 7) is 0.980. The molecular weight excluding hydrogens is 347 g/mol. The Kier molecular flexibility index (Phi) is 5.19. The van der Waals surface area contributed by atoms with E-state index >= 15 is 0 Å². The second-order valence-electron chi connectivity index (χ2n) is 5.87. The Labute approximate surface area is 145 Å². The van der Waals surface area contributed by atoms with Crippen molar-refractivity contribution < 1.29 is 22.0 Å². The summed E-state index contributed by atoms with van der Waals surface area (Å²) in [6.07, 6.45) is 4.07. The van der Waals surface area contributed by atoms with Crippen molar-refractivity contribution in [1.29, 1.82) is 0 Å². The smallest absolute Gasteiger partial charge is 0.254 e. The highest BCUT2D eigenvalue weighted by atomic mass is 32.2. The van der Waals surface area contributed by atoms with Gasteiger partial charge in [-0.15, -0.1) is 0 Å². The fourth-order valence-corrected chi connectivity index (χ4v) is 4.31. The van der Waals surface area contributed by atoms with Crippen molar-refractivity contribution in [2.45, 2.75) is 30.7 Å². The van der Waals surface area contributed by atoms with Crippen LogP contribution in [-0.2, 0) is 16.6 Å². The van der Waals surface area contributed by atoms with Gasteiger partial charge in [-0.3, -0.25) is 4.79 Å². The minimum absolute atomic E-state index is 0.0704. The SMILES string of the molecule is O=C(NCc1ccco1)c1cc(S(=O)(=O)N2CCCCC2)ccc1F. The molecule has 134 valence electrons. The molecule has 0 radical (unpaired) electrons. The first-order chi connectivity index (χ1) is 12.0. The zero-order valence-electron chi connectivity index (χ0n) is 13.6. The Morgan fingerprint density at radius 2 is 1.96 bits per heavy atom. The second-order valence-corrected chi connectivity index (χ2v) is 7.81. The van der Waals surface area contributed by atoms with Gasteiger partial charge in [-0.05, 0) is 43.2 Å². The molecule has 3 rings (SSSR count). The standard InChI is InChI=1S/C17H19FN2O4S/c18-16-7-6-14(25(22,23)20-8-2-1-3-9-20)11-15(16)17(21)19-12-13-5-4-10-24-13/h4-7,10-11H,1-3,8-9,12H2,(H,19,21). The van der Waals surface area contributed by atoms with Crippen molar-refractivity contribution in [2.24, 2.45) is 0 Å². The number of sulfonamides is 1. The van der Waals surface area contributed by atoms with Crippen molar-refractivity contribution in [3.05, 3.63) is 53.7 Å². The number of hydrogen-bond donors (Lipinski definition) is 1. The maximum Gasteiger partial charge on any atom is 0.254 e. The van der Waals surface area contributed by atoms with Crippen molar-refractivity contribution in [3.63, 3.8) is 0 Å². The Morgan fingerprint density at radius 3 is 2.64 bits per heavy atom. The van der Waals surface area contributed by atoms with Crippen LogP contribution in [0.3, 0.4) is 0 Å². The summed E-state index contributed by atoms with van der Waals surface area (Å²) in [5.74, 6) is -0.940. The zero-order chi connectivity index (χ0) is 17.9. The third kappa shape index (κ3) is 3.91. The highest BCUT2D eigenvalue weighted by molar-refractivity contribution is 7.89. The number of furan rings is 1. The first-order valence-electron chi connectivity index (χ1n) is 8.09. The van der Waals surface area contributed by atoms with E-state index in [0.29, 0.717) is 18.8 Å². The van der Waals surface area contributed by atoms with Gasteiger partial charge in [0, 0.05) is 13.1 Å². The van der Waals surface area contributed by atoms with Gasteiger partial charge in [0.15, 0.2) is 0 Å². The molecule has 0 bridgehead atoms. The van der Waals surface area contributed by atoms with Crippen LogP contribution in [0, 0.1) is 5.82 Å². The summed E-state index contributed by atoms with van der Waals surface area (Å²) in [6, 6.07) is 6.65. The van der Waals surface area contributed by atoms with Gasteiger partial charge in [0.05, 0.1) is 23.3 Å². The molecule has 0 spiro atoms. The Balaban J connectivity index is 1.81. The number of nitrogens with zero attached hydrogens (tertiary/aromatic N) is 1. The fraction of sp³-hybridized carbons (Fsp3) is 0.353. The maximum absolute atomic E-state index is 14.0. The Hall–Kier alpha value is -2.19. The van der Waals surface area contributed by atoms with E-state index in [1.54, 1.807) is 12.1 Å². The van der Waals surface area contributed by atoms with Gasteiger partial charge < -0.3 is 9.73 Å². The molecule has 2 heterocycles. The van der Waals surface area contributed by atoms with Crippen molar-refractivity contribution in [3.8, 4) is 0 Å². The lowest BCUT2D eigenvalue weighted by Gasteiger charge is -2.26. The summed E-state index contributed by atoms with van der Waals surface area (Å²) >= 11 is 0. The molecular formula is C17H19FN2O4S. The molecule has 1 aliphatic heterocycles. The normalized spacial score (nSPS) is 15.9. The van der Waals surface area contributed by atoms with Gasteiger partial charge in [0.2, 0.25) is 10.0 Å². The number of carbonyl (C=O) groups is 1. The first-order valence-corrected chi connectivity index (χ1v) is 9.53. The number of halogens is 1. The molecule has 0 saturated carbocycles. The van der Waals surface area contributed by atoms with E-state index in [1.165, 1.54) is 16.6 Å². The molecule has 1 aliphatic rings. The van der Waals surface area contributed by atoms with Crippen molar-refractivity contribution in [1.82, 2.24) is 9.62 Å². The summed E-state index contributed by atoms with van der Waals surface area (Å²) < 4.78 is 45.9. The second kappa shape index (κ2) is 7.37. The molecule has 0 unspecified atom stereocenters. The lowest BCUT2D eigenvalue weighted by atomic mass is 10.2. The Morgan fingerprint density at radius 1 is 1.20 bits per heavy atom. The molecule has 1 amide bonds. The quantitative estimate of drug-likeness (QED) is 0.882. The van der Waals surface area contributed by atoms with Crippen LogP contribution in [0.25, 0.3) is 0 Å². The third-order valence-electron chi connectivity index (χ3n) is 4.14. The van der Waals surface area contributed by atoms with E-state index in [9.17, 15) is 17.6 Å². The van der Waals surface area contributed by atoms with E-state index in [1.807, 2.05) is 0 Å². The number of benzene rings is 1. The average Bonchev–Trinajstić information content (AvgIpc) is 3.14. The minimum atomic E-state index is -3.72. The molecule has 1 N–H and O–H groups in total. The number of carbonyl (C=O) groups excluding carboxylic acids is 1. The van der Waals surface area contributed by atoms with Crippen LogP contribution in [0.1, 0.15) is 35.4 Å². The van der Waals surface area contributed by atoms with Crippen LogP contribution >= 0.6 is 0 Å². The van der Waals surface area contributed by atoms with Gasteiger partial charge in [-0.2, -0.15) is 4.31 Å². The lowest BCUT2D eigenvalue weighted by molar-refractivity contribution is 0.0943. The summed E-state index contributed by atoms with van der Waals surface area (Å²) in [4.78, 5) is 12.1. The van der Waals surface area contributed by atoms with E-state index in [-0.39, 0.29) is 17.0 Å². The molecule has 1 aromatic carbocycles. The molecule has 1 saturated heterocycles. The van der Waals surface area contributed by atoms with E-state index in [2.05, 4.69) is 5.32 Å². The van der Waals surface area contributed by atoms with Crippen LogP contribution in [-0.4, -0.2) is 31.7 Å². The topological polar surface area (TPSA) is 79.6 Å². The van der Waals surface area contributed by atoms with Gasteiger partial charge in [-0.25, -0.2) is 12.8 Å². The van der Waals surface area contributed by atoms with Crippen LogP contribution in [0.5, 0.6) is 0 Å². The Bertz CT molecular complexity index is 844. The largest absolute Gasteiger partial charge is 0.467 e. The lowest BCUT2D eigenvalue weighted by Crippen LogP contribution is -2.35. The van der Waals surface area contributed by atoms with Gasteiger partial charge in [0.1, 0.15) is 11.6 Å². The zero-order valence-corrected chi connectivity index (χ0v) is 14.4. The number of nitrogens with one attached hydrogen (secondary N) is 1. The van der Waals surface area contributed by atoms with Gasteiger partial charge >= 0.3 is 0 Å². The number of piperidine rings is 1. The molecule has 25 heavy (non-hydrogen) atoms. The maximum atomic E-state index is 14.0. The van der Waals surface area contributed by atoms with E-state index in [0.717, 1.165) is 31.4 Å². The number of rotatable bonds is 5. The fourth-order valence-electron chi connectivity index (χ4n) is 2.77. The predicted octanol–water partition coefficient (Wildman–Crippen LogP) is 2.52. The molecule has 6 nitrogen and oxygen atoms in total. The van der Waals surface area contributed by atoms with Crippen molar-refractivity contribution >= 4 is 15.9 Å². The number of hydrogen-bond acceptors (Lipinski definition) is 4. The average molecular weight is 366 g/mol. The molecule has 1 aromatic heterocycles. The van der Waals surface area contributed by atoms with Crippen LogP contribution in [0.4, 0.5) is 4.39 Å². The van der Waals surface area contributed by atoms with Gasteiger partial charge in [0.25, 0.3) is 5.91 Å².